The molecule has 0 radical (unpaired) electrons. The van der Waals surface area contributed by atoms with E-state index in [1.165, 1.54) is 9.79 Å². The van der Waals surface area contributed by atoms with Crippen LogP contribution in [0.3, 0.4) is 0 Å². The Morgan fingerprint density at radius 3 is 1.80 bits per heavy atom. The van der Waals surface area contributed by atoms with Crippen LogP contribution in [-0.4, -0.2) is 0 Å². The molecule has 0 aliphatic carbocycles. The number of rotatable bonds is 0. The summed E-state index contributed by atoms with van der Waals surface area (Å²) < 4.78 is 1.72. The van der Waals surface area contributed by atoms with Gasteiger partial charge in [0.25, 0.3) is 0 Å². The molecule has 0 spiro atoms. The van der Waals surface area contributed by atoms with Crippen LogP contribution in [0, 0.1) is 0 Å². The fourth-order valence-electron chi connectivity index (χ4n) is 1.66. The number of anilines is 2. The lowest BCUT2D eigenvalue weighted by molar-refractivity contribution is 1.24. The molecule has 3 rings (SSSR count). The Bertz CT molecular complexity index is 467. The number of benzene rings is 2. The fourth-order valence-corrected chi connectivity index (χ4v) is 3.11. The minimum absolute atomic E-state index is 1.06. The topological polar surface area (TPSA) is 3.24 Å². The van der Waals surface area contributed by atoms with Crippen LogP contribution in [0.5, 0.6) is 0 Å². The normalized spacial score (nSPS) is 13.3. The molecule has 0 unspecified atom stereocenters. The second kappa shape index (κ2) is 3.47. The SMILES string of the molecule is ClN1c2ccccc2Sc2ccccc21. The molecule has 1 aliphatic rings. The quantitative estimate of drug-likeness (QED) is 0.619. The van der Waals surface area contributed by atoms with Crippen molar-refractivity contribution >= 4 is 34.9 Å². The second-order valence-corrected chi connectivity index (χ2v) is 4.74. The first-order valence-electron chi connectivity index (χ1n) is 4.68. The maximum absolute atomic E-state index is 6.30. The molecule has 0 N–H and O–H groups in total. The molecule has 0 bridgehead atoms. The third-order valence-electron chi connectivity index (χ3n) is 2.37. The lowest BCUT2D eigenvalue weighted by Gasteiger charge is -2.26. The van der Waals surface area contributed by atoms with Gasteiger partial charge in [-0.2, -0.15) is 0 Å². The Kier molecular flexibility index (Phi) is 2.11. The Morgan fingerprint density at radius 1 is 0.800 bits per heavy atom. The number of fused-ring (bicyclic) bond motifs is 2. The predicted octanol–water partition coefficient (Wildman–Crippen LogP) is 4.44. The maximum atomic E-state index is 6.30. The monoisotopic (exact) mass is 233 g/mol. The highest BCUT2D eigenvalue weighted by atomic mass is 35.5. The summed E-state index contributed by atoms with van der Waals surface area (Å²) in [6, 6.07) is 16.3. The van der Waals surface area contributed by atoms with E-state index in [9.17, 15) is 0 Å². The highest BCUT2D eigenvalue weighted by Crippen LogP contribution is 2.48. The zero-order valence-corrected chi connectivity index (χ0v) is 9.42. The number of nitrogens with zero attached hydrogens (tertiary/aromatic N) is 1. The van der Waals surface area contributed by atoms with Gasteiger partial charge in [-0.1, -0.05) is 36.0 Å². The van der Waals surface area contributed by atoms with Gasteiger partial charge in [-0.15, -0.1) is 0 Å². The molecule has 2 aromatic rings. The van der Waals surface area contributed by atoms with Crippen LogP contribution in [0.1, 0.15) is 0 Å². The molecule has 0 saturated carbocycles. The van der Waals surface area contributed by atoms with Crippen LogP contribution in [0.25, 0.3) is 0 Å². The lowest BCUT2D eigenvalue weighted by Crippen LogP contribution is -2.07. The van der Waals surface area contributed by atoms with Gasteiger partial charge in [0.05, 0.1) is 11.4 Å². The average Bonchev–Trinajstić information content (AvgIpc) is 2.30. The second-order valence-electron chi connectivity index (χ2n) is 3.32. The highest BCUT2D eigenvalue weighted by molar-refractivity contribution is 7.99. The number of para-hydroxylation sites is 2. The van der Waals surface area contributed by atoms with Gasteiger partial charge in [0.2, 0.25) is 0 Å². The molecule has 0 atom stereocenters. The van der Waals surface area contributed by atoms with E-state index in [1.54, 1.807) is 16.2 Å². The van der Waals surface area contributed by atoms with Crippen molar-refractivity contribution < 1.29 is 0 Å². The average molecular weight is 234 g/mol. The smallest absolute Gasteiger partial charge is 0.0721 e. The van der Waals surface area contributed by atoms with Crippen molar-refractivity contribution in [2.75, 3.05) is 4.42 Å². The molecule has 74 valence electrons. The summed E-state index contributed by atoms with van der Waals surface area (Å²) in [6.07, 6.45) is 0. The first-order chi connectivity index (χ1) is 7.36. The summed E-state index contributed by atoms with van der Waals surface area (Å²) in [5.74, 6) is 0. The van der Waals surface area contributed by atoms with Crippen LogP contribution in [0.15, 0.2) is 58.3 Å². The molecule has 1 heterocycles. The van der Waals surface area contributed by atoms with Crippen molar-refractivity contribution in [2.24, 2.45) is 0 Å². The van der Waals surface area contributed by atoms with Crippen LogP contribution >= 0.6 is 23.5 Å². The zero-order valence-electron chi connectivity index (χ0n) is 7.85. The van der Waals surface area contributed by atoms with E-state index in [0.29, 0.717) is 0 Å². The van der Waals surface area contributed by atoms with E-state index in [1.807, 2.05) is 36.4 Å². The summed E-state index contributed by atoms with van der Waals surface area (Å²) in [4.78, 5) is 2.40. The van der Waals surface area contributed by atoms with Crippen molar-refractivity contribution in [1.82, 2.24) is 0 Å². The lowest BCUT2D eigenvalue weighted by atomic mass is 10.2. The highest BCUT2D eigenvalue weighted by Gasteiger charge is 2.20. The number of hydrogen-bond acceptors (Lipinski definition) is 2. The first-order valence-corrected chi connectivity index (χ1v) is 5.83. The van der Waals surface area contributed by atoms with Crippen LogP contribution < -0.4 is 4.42 Å². The summed E-state index contributed by atoms with van der Waals surface area (Å²) in [6.45, 7) is 0. The summed E-state index contributed by atoms with van der Waals surface area (Å²) in [5, 5.41) is 0. The predicted molar refractivity (Wildman–Crippen MR) is 65.0 cm³/mol. The maximum Gasteiger partial charge on any atom is 0.0721 e. The van der Waals surface area contributed by atoms with Gasteiger partial charge in [-0.05, 0) is 24.3 Å². The van der Waals surface area contributed by atoms with Crippen molar-refractivity contribution in [3.63, 3.8) is 0 Å². The van der Waals surface area contributed by atoms with Gasteiger partial charge in [-0.3, -0.25) is 4.42 Å². The molecule has 0 amide bonds. The first kappa shape index (κ1) is 9.13. The Morgan fingerprint density at radius 2 is 1.27 bits per heavy atom. The summed E-state index contributed by atoms with van der Waals surface area (Å²) in [5.41, 5.74) is 2.12. The van der Waals surface area contributed by atoms with Crippen LogP contribution in [-0.2, 0) is 0 Å². The molecular formula is C12H8ClNS. The van der Waals surface area contributed by atoms with Gasteiger partial charge in [0.1, 0.15) is 0 Å². The zero-order chi connectivity index (χ0) is 10.3. The minimum Gasteiger partial charge on any atom is -0.251 e. The molecule has 3 heteroatoms. The van der Waals surface area contributed by atoms with E-state index in [4.69, 9.17) is 11.8 Å². The van der Waals surface area contributed by atoms with Crippen molar-refractivity contribution in [2.45, 2.75) is 9.79 Å². The Hall–Kier alpha value is -1.12. The van der Waals surface area contributed by atoms with Crippen LogP contribution in [0.4, 0.5) is 11.4 Å². The molecule has 15 heavy (non-hydrogen) atoms. The van der Waals surface area contributed by atoms with E-state index < -0.39 is 0 Å². The van der Waals surface area contributed by atoms with E-state index >= 15 is 0 Å². The fraction of sp³-hybridized carbons (Fsp3) is 0. The van der Waals surface area contributed by atoms with E-state index in [0.717, 1.165) is 11.4 Å². The Labute approximate surface area is 97.8 Å². The van der Waals surface area contributed by atoms with Gasteiger partial charge in [0.15, 0.2) is 0 Å². The summed E-state index contributed by atoms with van der Waals surface area (Å²) >= 11 is 8.06. The van der Waals surface area contributed by atoms with Crippen molar-refractivity contribution in [1.29, 1.82) is 0 Å². The minimum atomic E-state index is 1.06. The molecule has 0 aromatic heterocycles. The molecule has 2 aromatic carbocycles. The summed E-state index contributed by atoms with van der Waals surface area (Å²) in [7, 11) is 0. The number of hydrogen-bond donors (Lipinski definition) is 0. The Balaban J connectivity index is 2.20. The van der Waals surface area contributed by atoms with E-state index in [2.05, 4.69) is 12.1 Å². The van der Waals surface area contributed by atoms with Gasteiger partial charge < -0.3 is 0 Å². The van der Waals surface area contributed by atoms with Gasteiger partial charge in [-0.25, -0.2) is 0 Å². The van der Waals surface area contributed by atoms with E-state index in [-0.39, 0.29) is 0 Å². The van der Waals surface area contributed by atoms with Crippen molar-refractivity contribution in [3.05, 3.63) is 48.5 Å². The van der Waals surface area contributed by atoms with Gasteiger partial charge >= 0.3 is 0 Å². The molecular weight excluding hydrogens is 226 g/mol. The molecule has 1 nitrogen and oxygen atoms in total. The number of halogens is 1. The largest absolute Gasteiger partial charge is 0.251 e. The molecule has 0 saturated heterocycles. The molecule has 1 aliphatic heterocycles. The standard InChI is InChI=1S/C12H8ClNS/c13-14-9-5-1-3-7-11(9)15-12-8-4-2-6-10(12)14/h1-8H. The third kappa shape index (κ3) is 1.41. The van der Waals surface area contributed by atoms with Crippen LogP contribution in [0.2, 0.25) is 0 Å². The molecule has 0 fully saturated rings. The van der Waals surface area contributed by atoms with Gasteiger partial charge in [0, 0.05) is 21.6 Å². The third-order valence-corrected chi connectivity index (χ3v) is 3.87. The van der Waals surface area contributed by atoms with Crippen molar-refractivity contribution in [3.8, 4) is 0 Å².